The molecule has 0 atom stereocenters. The maximum Gasteiger partial charge on any atom is 0.185 e. The van der Waals surface area contributed by atoms with Gasteiger partial charge in [-0.05, 0) is 25.0 Å². The molecule has 0 spiro atoms. The van der Waals surface area contributed by atoms with Crippen LogP contribution in [0.3, 0.4) is 0 Å². The molecule has 1 aromatic heterocycles. The Morgan fingerprint density at radius 1 is 1.31 bits per heavy atom. The van der Waals surface area contributed by atoms with E-state index in [4.69, 9.17) is 5.73 Å². The molecule has 65 valence electrons. The lowest BCUT2D eigenvalue weighted by atomic mass is 10.2. The van der Waals surface area contributed by atoms with Crippen molar-refractivity contribution in [2.75, 3.05) is 0 Å². The smallest absolute Gasteiger partial charge is 0.185 e. The molecule has 2 heterocycles. The number of nitrogens with zero attached hydrogens (tertiary/aromatic N) is 3. The lowest BCUT2D eigenvalue weighted by molar-refractivity contribution is 0.914. The van der Waals surface area contributed by atoms with Gasteiger partial charge in [-0.2, -0.15) is 0 Å². The molecule has 1 saturated carbocycles. The van der Waals surface area contributed by atoms with E-state index in [0.29, 0.717) is 17.6 Å². The first-order valence-electron chi connectivity index (χ1n) is 4.40. The molecular weight excluding hydrogens is 164 g/mol. The quantitative estimate of drug-likeness (QED) is 0.683. The van der Waals surface area contributed by atoms with Crippen LogP contribution in [-0.4, -0.2) is 10.8 Å². The third kappa shape index (κ3) is 0.983. The van der Waals surface area contributed by atoms with Gasteiger partial charge >= 0.3 is 0 Å². The van der Waals surface area contributed by atoms with Crippen molar-refractivity contribution in [3.05, 3.63) is 23.4 Å². The first-order valence-corrected chi connectivity index (χ1v) is 4.40. The molecule has 0 bridgehead atoms. The van der Waals surface area contributed by atoms with Gasteiger partial charge in [0.25, 0.3) is 0 Å². The van der Waals surface area contributed by atoms with Gasteiger partial charge < -0.3 is 5.73 Å². The Balaban J connectivity index is 2.05. The van der Waals surface area contributed by atoms with Crippen molar-refractivity contribution in [3.63, 3.8) is 0 Å². The summed E-state index contributed by atoms with van der Waals surface area (Å²) in [6, 6.07) is 3.99. The minimum atomic E-state index is 0.477. The summed E-state index contributed by atoms with van der Waals surface area (Å²) in [5.74, 6) is 1.81. The van der Waals surface area contributed by atoms with Crippen molar-refractivity contribution in [3.8, 4) is 0 Å². The van der Waals surface area contributed by atoms with Crippen LogP contribution < -0.4 is 11.2 Å². The molecule has 2 aliphatic rings. The Hall–Kier alpha value is -1.58. The van der Waals surface area contributed by atoms with Gasteiger partial charge in [-0.1, -0.05) is 0 Å². The molecule has 0 saturated heterocycles. The molecule has 1 aliphatic carbocycles. The molecule has 4 heteroatoms. The Bertz CT molecular complexity index is 393. The van der Waals surface area contributed by atoms with Crippen LogP contribution in [0.25, 0.3) is 0 Å². The lowest BCUT2D eigenvalue weighted by Crippen LogP contribution is -2.09. The fourth-order valence-electron chi connectivity index (χ4n) is 1.50. The Morgan fingerprint density at radius 2 is 2.15 bits per heavy atom. The minimum absolute atomic E-state index is 0.477. The fourth-order valence-corrected chi connectivity index (χ4v) is 1.50. The van der Waals surface area contributed by atoms with Crippen LogP contribution in [-0.2, 0) is 0 Å². The summed E-state index contributed by atoms with van der Waals surface area (Å²) in [5.41, 5.74) is 11.5. The van der Waals surface area contributed by atoms with Crippen molar-refractivity contribution in [2.24, 2.45) is 10.8 Å². The molecule has 1 aliphatic heterocycles. The monoisotopic (exact) mass is 173 g/mol. The van der Waals surface area contributed by atoms with Gasteiger partial charge in [0.1, 0.15) is 0 Å². The van der Waals surface area contributed by atoms with E-state index in [1.54, 1.807) is 0 Å². The van der Waals surface area contributed by atoms with Gasteiger partial charge in [0.2, 0.25) is 0 Å². The summed E-state index contributed by atoms with van der Waals surface area (Å²) >= 11 is 0. The van der Waals surface area contributed by atoms with Crippen molar-refractivity contribution >= 4 is 11.7 Å². The zero-order valence-corrected chi connectivity index (χ0v) is 7.07. The number of hydrogen-bond donors (Lipinski definition) is 1. The van der Waals surface area contributed by atoms with E-state index < -0.39 is 0 Å². The summed E-state index contributed by atoms with van der Waals surface area (Å²) in [4.78, 5) is 4.40. The highest BCUT2D eigenvalue weighted by atomic mass is 15.4. The summed E-state index contributed by atoms with van der Waals surface area (Å²) < 4.78 is 0. The van der Waals surface area contributed by atoms with Crippen LogP contribution in [0.4, 0.5) is 5.82 Å². The largest absolute Gasteiger partial charge is 0.382 e. The van der Waals surface area contributed by atoms with Crippen LogP contribution >= 0.6 is 0 Å². The van der Waals surface area contributed by atoms with Gasteiger partial charge in [0.05, 0.1) is 5.56 Å². The first kappa shape index (κ1) is 6.88. The number of rotatable bonds is 1. The third-order valence-electron chi connectivity index (χ3n) is 2.42. The second-order valence-electron chi connectivity index (χ2n) is 3.47. The summed E-state index contributed by atoms with van der Waals surface area (Å²) in [6.45, 7) is 0. The lowest BCUT2D eigenvalue weighted by Gasteiger charge is -1.99. The van der Waals surface area contributed by atoms with Gasteiger partial charge in [-0.25, -0.2) is 4.98 Å². The predicted octanol–water partition coefficient (Wildman–Crippen LogP) is 0.829. The average Bonchev–Trinajstić information content (AvgIpc) is 2.93. The molecule has 0 aromatic carbocycles. The zero-order chi connectivity index (χ0) is 8.84. The van der Waals surface area contributed by atoms with E-state index >= 15 is 0 Å². The van der Waals surface area contributed by atoms with E-state index in [2.05, 4.69) is 15.5 Å². The standard InChI is InChI=1S/C9H9N4/c10-8-6-3-4-7(5-1-2-5)11-9(6)13-12-8/h3-5H,1-2H2,(H2,10,12). The normalized spacial score (nSPS) is 19.2. The average molecular weight is 173 g/mol. The fraction of sp³-hybridized carbons (Fsp3) is 0.333. The molecule has 13 heavy (non-hydrogen) atoms. The molecular formula is C9H9N4. The van der Waals surface area contributed by atoms with Crippen molar-refractivity contribution < 1.29 is 0 Å². The van der Waals surface area contributed by atoms with Crippen molar-refractivity contribution in [2.45, 2.75) is 18.8 Å². The summed E-state index contributed by atoms with van der Waals surface area (Å²) in [6.07, 6.45) is 2.50. The van der Waals surface area contributed by atoms with E-state index in [-0.39, 0.29) is 0 Å². The third-order valence-corrected chi connectivity index (χ3v) is 2.42. The molecule has 1 fully saturated rings. The summed E-state index contributed by atoms with van der Waals surface area (Å²) in [5, 5.41) is 3.78. The number of nitrogens with two attached hydrogens (primary N) is 1. The Kier molecular flexibility index (Phi) is 1.17. The van der Waals surface area contributed by atoms with Crippen molar-refractivity contribution in [1.29, 1.82) is 0 Å². The number of aromatic nitrogens is 1. The molecule has 0 amide bonds. The van der Waals surface area contributed by atoms with Crippen LogP contribution in [0, 0.1) is 0 Å². The SMILES string of the molecule is NC1=N[N]c2nc(C3CC3)ccc21. The number of hydrogen-bond acceptors (Lipinski definition) is 3. The molecule has 0 unspecified atom stereocenters. The molecule has 2 N–H and O–H groups in total. The van der Waals surface area contributed by atoms with E-state index in [9.17, 15) is 0 Å². The highest BCUT2D eigenvalue weighted by Gasteiger charge is 2.27. The number of amidine groups is 1. The van der Waals surface area contributed by atoms with Gasteiger partial charge in [-0.3, -0.25) is 0 Å². The predicted molar refractivity (Wildman–Crippen MR) is 48.7 cm³/mol. The van der Waals surface area contributed by atoms with Crippen LogP contribution in [0.15, 0.2) is 17.2 Å². The zero-order valence-electron chi connectivity index (χ0n) is 7.07. The summed E-state index contributed by atoms with van der Waals surface area (Å²) in [7, 11) is 0. The van der Waals surface area contributed by atoms with E-state index in [1.165, 1.54) is 12.8 Å². The minimum Gasteiger partial charge on any atom is -0.382 e. The number of pyridine rings is 1. The van der Waals surface area contributed by atoms with Gasteiger partial charge in [0.15, 0.2) is 11.7 Å². The maximum atomic E-state index is 5.60. The topological polar surface area (TPSA) is 65.4 Å². The second kappa shape index (κ2) is 2.22. The van der Waals surface area contributed by atoms with E-state index in [1.807, 2.05) is 12.1 Å². The number of fused-ring (bicyclic) bond motifs is 1. The van der Waals surface area contributed by atoms with E-state index in [0.717, 1.165) is 11.3 Å². The molecule has 4 nitrogen and oxygen atoms in total. The maximum absolute atomic E-state index is 5.60. The second-order valence-corrected chi connectivity index (χ2v) is 3.47. The van der Waals surface area contributed by atoms with Crippen molar-refractivity contribution in [1.82, 2.24) is 10.4 Å². The molecule has 3 rings (SSSR count). The molecule has 1 radical (unpaired) electrons. The molecule has 1 aromatic rings. The van der Waals surface area contributed by atoms with Crippen LogP contribution in [0.5, 0.6) is 0 Å². The van der Waals surface area contributed by atoms with Gasteiger partial charge in [-0.15, -0.1) is 10.5 Å². The first-order chi connectivity index (χ1) is 6.34. The highest BCUT2D eigenvalue weighted by Crippen LogP contribution is 2.39. The van der Waals surface area contributed by atoms with Crippen LogP contribution in [0.2, 0.25) is 0 Å². The van der Waals surface area contributed by atoms with Gasteiger partial charge in [0, 0.05) is 11.6 Å². The Morgan fingerprint density at radius 3 is 2.92 bits per heavy atom. The highest BCUT2D eigenvalue weighted by molar-refractivity contribution is 6.03. The Labute approximate surface area is 75.9 Å². The van der Waals surface area contributed by atoms with Crippen LogP contribution in [0.1, 0.15) is 30.0 Å².